The minimum atomic E-state index is 0. The number of hydrogen-bond acceptors (Lipinski definition) is 0. The summed E-state index contributed by atoms with van der Waals surface area (Å²) >= 11 is 0. The Balaban J connectivity index is -0.000000224. The standard InChI is InChI=1S/C8H15P.C6H11P.Pd/c1-4-7-9(6-3)8-5-2;1-3-5-7-6-4-2;/h4-5H,1-2,6-8H2,3H3;3-4,7H,1-2,5-6H2;. The third kappa shape index (κ3) is 22.2. The molecule has 0 saturated heterocycles. The van der Waals surface area contributed by atoms with Crippen LogP contribution < -0.4 is 0 Å². The van der Waals surface area contributed by atoms with Crippen molar-refractivity contribution in [1.29, 1.82) is 0 Å². The van der Waals surface area contributed by atoms with Crippen LogP contribution in [0, 0.1) is 0 Å². The Bertz CT molecular complexity index is 173. The molecule has 0 fully saturated rings. The topological polar surface area (TPSA) is 0 Å². The molecule has 0 aromatic heterocycles. The van der Waals surface area contributed by atoms with Crippen molar-refractivity contribution >= 4 is 16.5 Å². The van der Waals surface area contributed by atoms with Gasteiger partial charge in [-0.1, -0.05) is 39.1 Å². The molecular formula is C14H26P2Pd. The summed E-state index contributed by atoms with van der Waals surface area (Å²) in [4.78, 5) is 0. The fourth-order valence-corrected chi connectivity index (χ4v) is 2.96. The molecular weight excluding hydrogens is 337 g/mol. The van der Waals surface area contributed by atoms with Gasteiger partial charge in [-0.2, -0.15) is 0 Å². The van der Waals surface area contributed by atoms with Crippen LogP contribution in [0.3, 0.4) is 0 Å². The van der Waals surface area contributed by atoms with E-state index in [-0.39, 0.29) is 28.3 Å². The molecule has 17 heavy (non-hydrogen) atoms. The van der Waals surface area contributed by atoms with Crippen LogP contribution >= 0.6 is 16.5 Å². The molecule has 3 heteroatoms. The van der Waals surface area contributed by atoms with E-state index in [4.69, 9.17) is 0 Å². The minimum absolute atomic E-state index is 0. The summed E-state index contributed by atoms with van der Waals surface area (Å²) in [7, 11) is 1.20. The monoisotopic (exact) mass is 362 g/mol. The van der Waals surface area contributed by atoms with Gasteiger partial charge < -0.3 is 0 Å². The van der Waals surface area contributed by atoms with E-state index in [1.165, 1.54) is 18.5 Å². The van der Waals surface area contributed by atoms with Gasteiger partial charge in [0.1, 0.15) is 0 Å². The largest absolute Gasteiger partial charge is 0.114 e. The number of allylic oxidation sites excluding steroid dienone is 4. The molecule has 0 aromatic rings. The minimum Gasteiger partial charge on any atom is -0.114 e. The van der Waals surface area contributed by atoms with Gasteiger partial charge in [-0.05, 0) is 30.8 Å². The second kappa shape index (κ2) is 21.7. The van der Waals surface area contributed by atoms with Crippen molar-refractivity contribution < 1.29 is 20.4 Å². The van der Waals surface area contributed by atoms with E-state index >= 15 is 0 Å². The van der Waals surface area contributed by atoms with E-state index in [9.17, 15) is 0 Å². The van der Waals surface area contributed by atoms with Crippen molar-refractivity contribution in [2.45, 2.75) is 6.92 Å². The molecule has 0 spiro atoms. The molecule has 0 radical (unpaired) electrons. The fraction of sp³-hybridized carbons (Fsp3) is 0.429. The third-order valence-electron chi connectivity index (χ3n) is 1.80. The summed E-state index contributed by atoms with van der Waals surface area (Å²) in [5.41, 5.74) is 0. The first kappa shape index (κ1) is 22.6. The van der Waals surface area contributed by atoms with Gasteiger partial charge >= 0.3 is 0 Å². The van der Waals surface area contributed by atoms with E-state index in [0.717, 1.165) is 20.9 Å². The van der Waals surface area contributed by atoms with Gasteiger partial charge in [0.15, 0.2) is 0 Å². The zero-order valence-electron chi connectivity index (χ0n) is 10.9. The molecule has 0 unspecified atom stereocenters. The third-order valence-corrected chi connectivity index (χ3v) is 5.40. The molecule has 0 atom stereocenters. The molecule has 0 rings (SSSR count). The maximum absolute atomic E-state index is 3.71. The summed E-state index contributed by atoms with van der Waals surface area (Å²) in [6.07, 6.45) is 13.9. The SMILES string of the molecule is C=CCP(CC)CC=C.C=CCPCC=C.[Pd]. The Labute approximate surface area is 125 Å². The first-order valence-electron chi connectivity index (χ1n) is 5.63. The molecule has 0 aliphatic heterocycles. The average Bonchev–Trinajstić information content (AvgIpc) is 2.30. The van der Waals surface area contributed by atoms with Gasteiger partial charge in [-0.3, -0.25) is 0 Å². The second-order valence-corrected chi connectivity index (χ2v) is 7.19. The van der Waals surface area contributed by atoms with Crippen molar-refractivity contribution in [2.75, 3.05) is 30.8 Å². The predicted octanol–water partition coefficient (Wildman–Crippen LogP) is 4.89. The van der Waals surface area contributed by atoms with Crippen LogP contribution in [-0.4, -0.2) is 30.8 Å². The molecule has 0 aromatic carbocycles. The number of hydrogen-bond donors (Lipinski definition) is 0. The number of rotatable bonds is 9. The van der Waals surface area contributed by atoms with E-state index in [2.05, 4.69) is 33.2 Å². The van der Waals surface area contributed by atoms with Gasteiger partial charge in [0.2, 0.25) is 0 Å². The molecule has 0 bridgehead atoms. The Morgan fingerprint density at radius 3 is 1.53 bits per heavy atom. The Kier molecular flexibility index (Phi) is 29.0. The van der Waals surface area contributed by atoms with Crippen LogP contribution in [0.4, 0.5) is 0 Å². The Morgan fingerprint density at radius 1 is 0.882 bits per heavy atom. The van der Waals surface area contributed by atoms with Gasteiger partial charge in [0.25, 0.3) is 0 Å². The molecule has 0 heterocycles. The van der Waals surface area contributed by atoms with Gasteiger partial charge in [0.05, 0.1) is 0 Å². The maximum atomic E-state index is 3.71. The zero-order chi connectivity index (χ0) is 12.6. The zero-order valence-corrected chi connectivity index (χ0v) is 14.4. The molecule has 0 nitrogen and oxygen atoms in total. The molecule has 102 valence electrons. The van der Waals surface area contributed by atoms with Gasteiger partial charge in [-0.25, -0.2) is 0 Å². The van der Waals surface area contributed by atoms with Crippen LogP contribution in [0.25, 0.3) is 0 Å². The molecule has 0 saturated carbocycles. The molecule has 0 aliphatic carbocycles. The van der Waals surface area contributed by atoms with E-state index in [1.54, 1.807) is 0 Å². The normalized spacial score (nSPS) is 8.35. The smallest absolute Gasteiger partial charge is 0 e. The second-order valence-electron chi connectivity index (χ2n) is 3.17. The quantitative estimate of drug-likeness (QED) is 0.237. The van der Waals surface area contributed by atoms with Crippen LogP contribution in [-0.2, 0) is 20.4 Å². The predicted molar refractivity (Wildman–Crippen MR) is 86.0 cm³/mol. The Morgan fingerprint density at radius 2 is 1.29 bits per heavy atom. The van der Waals surface area contributed by atoms with E-state index < -0.39 is 0 Å². The van der Waals surface area contributed by atoms with Crippen molar-refractivity contribution in [3.63, 3.8) is 0 Å². The first-order valence-corrected chi connectivity index (χ1v) is 8.94. The van der Waals surface area contributed by atoms with Crippen molar-refractivity contribution in [2.24, 2.45) is 0 Å². The van der Waals surface area contributed by atoms with Gasteiger partial charge in [0, 0.05) is 20.4 Å². The summed E-state index contributed by atoms with van der Waals surface area (Å²) in [6.45, 7) is 16.9. The van der Waals surface area contributed by atoms with Crippen LogP contribution in [0.2, 0.25) is 0 Å². The average molecular weight is 363 g/mol. The van der Waals surface area contributed by atoms with Crippen LogP contribution in [0.5, 0.6) is 0 Å². The van der Waals surface area contributed by atoms with Crippen LogP contribution in [0.1, 0.15) is 6.92 Å². The Hall–Kier alpha value is 0.482. The molecule has 0 N–H and O–H groups in total. The fourth-order valence-electron chi connectivity index (χ4n) is 0.985. The van der Waals surface area contributed by atoms with Crippen molar-refractivity contribution in [3.8, 4) is 0 Å². The van der Waals surface area contributed by atoms with Gasteiger partial charge in [-0.15, -0.1) is 34.9 Å². The van der Waals surface area contributed by atoms with E-state index in [1.807, 2.05) is 24.3 Å². The molecule has 0 aliphatic rings. The summed E-state index contributed by atoms with van der Waals surface area (Å²) in [6, 6.07) is 0. The maximum Gasteiger partial charge on any atom is 0 e. The van der Waals surface area contributed by atoms with Crippen molar-refractivity contribution in [1.82, 2.24) is 0 Å². The van der Waals surface area contributed by atoms with Crippen molar-refractivity contribution in [3.05, 3.63) is 50.6 Å². The summed E-state index contributed by atoms with van der Waals surface area (Å²) in [5.74, 6) is 0. The van der Waals surface area contributed by atoms with Crippen LogP contribution in [0.15, 0.2) is 50.6 Å². The summed E-state index contributed by atoms with van der Waals surface area (Å²) in [5, 5.41) is 0. The molecule has 0 amide bonds. The summed E-state index contributed by atoms with van der Waals surface area (Å²) < 4.78 is 0. The first-order chi connectivity index (χ1) is 7.76. The van der Waals surface area contributed by atoms with E-state index in [0.29, 0.717) is 0 Å².